The van der Waals surface area contributed by atoms with Gasteiger partial charge in [0.05, 0.1) is 30.9 Å². The van der Waals surface area contributed by atoms with Crippen LogP contribution in [0.15, 0.2) is 55.1 Å². The molecule has 0 aromatic carbocycles. The molecule has 0 fully saturated rings. The van der Waals surface area contributed by atoms with Crippen LogP contribution in [0.5, 0.6) is 0 Å². The van der Waals surface area contributed by atoms with Crippen molar-refractivity contribution < 1.29 is 97.8 Å². The predicted molar refractivity (Wildman–Crippen MR) is 128 cm³/mol. The summed E-state index contributed by atoms with van der Waals surface area (Å²) in [5, 5.41) is 28.5. The summed E-state index contributed by atoms with van der Waals surface area (Å²) in [6.07, 6.45) is 6.42. The molecule has 242 valence electrons. The number of hydrogen-bond acceptors (Lipinski definition) is 11. The average Bonchev–Trinajstić information content (AvgIpc) is 3.55. The molecule has 0 aliphatic carbocycles. The molecule has 0 spiro atoms. The van der Waals surface area contributed by atoms with Crippen LogP contribution in [0, 0.1) is 39.9 Å². The van der Waals surface area contributed by atoms with E-state index in [1.54, 1.807) is 36.9 Å². The Morgan fingerprint density at radius 2 is 1.28 bits per heavy atom. The number of carbonyl (C=O) groups is 3. The first-order valence-corrected chi connectivity index (χ1v) is 10.5. The molecule has 18 nitrogen and oxygen atoms in total. The minimum atomic E-state index is -1.32. The second-order valence-electron chi connectivity index (χ2n) is 6.34. The zero-order valence-electron chi connectivity index (χ0n) is 23.4. The predicted octanol–water partition coefficient (Wildman–Crippen LogP) is -2.33. The number of carbonyl (C=O) groups excluding carboxylic acids is 3. The zero-order chi connectivity index (χ0) is 35.3. The zero-order valence-corrected chi connectivity index (χ0v) is 27.9. The number of nitrogens with zero attached hydrogens (tertiary/aromatic N) is 6. The SMILES string of the molecule is COC(=O)Cn1cc(-c2ccccn2)nn1.O=C([O-])CN(CC(=O)[O-])Cc1ccncc1.[C-]#[O+].[C-]#[O+].[C-]#[O+].[C-]#[O+].[C-]#[O+].[C-]#[O+].[Re].[Tc]. The fourth-order valence-electron chi connectivity index (χ4n) is 2.48. The van der Waals surface area contributed by atoms with Crippen LogP contribution in [-0.4, -0.2) is 68.0 Å². The number of aromatic nitrogens is 5. The maximum Gasteiger partial charge on any atom is 0 e. The fraction of sp³-hybridized carbons (Fsp3) is 0.192. The average molecular weight is 893 g/mol. The number of methoxy groups -OCH3 is 1. The van der Waals surface area contributed by atoms with Gasteiger partial charge in [0.1, 0.15) is 12.2 Å². The second kappa shape index (κ2) is 45.0. The van der Waals surface area contributed by atoms with E-state index in [1.165, 1.54) is 16.7 Å². The van der Waals surface area contributed by atoms with Crippen LogP contribution in [0.3, 0.4) is 0 Å². The molecule has 2 radical (unpaired) electrons. The molecule has 0 atom stereocenters. The summed E-state index contributed by atoms with van der Waals surface area (Å²) in [5.74, 6) is -3.01. The molecule has 46 heavy (non-hydrogen) atoms. The molecule has 3 rings (SSSR count). The van der Waals surface area contributed by atoms with Crippen LogP contribution in [0.2, 0.25) is 0 Å². The van der Waals surface area contributed by atoms with Crippen LogP contribution in [0.4, 0.5) is 0 Å². The van der Waals surface area contributed by atoms with Crippen molar-refractivity contribution in [1.29, 1.82) is 0 Å². The van der Waals surface area contributed by atoms with Gasteiger partial charge in [0.15, 0.2) is 0 Å². The van der Waals surface area contributed by atoms with Crippen molar-refractivity contribution >= 4 is 17.9 Å². The molecule has 3 heterocycles. The van der Waals surface area contributed by atoms with E-state index in [1.807, 2.05) is 18.2 Å². The minimum absolute atomic E-state index is 0. The molecule has 0 saturated carbocycles. The van der Waals surface area contributed by atoms with E-state index in [9.17, 15) is 24.6 Å². The summed E-state index contributed by atoms with van der Waals surface area (Å²) in [7, 11) is 1.33. The number of ether oxygens (including phenoxy) is 1. The van der Waals surface area contributed by atoms with Gasteiger partial charge in [0.2, 0.25) is 0 Å². The monoisotopic (exact) mass is 892 g/mol. The molecule has 0 N–H and O–H groups in total. The Bertz CT molecular complexity index is 1240. The molecule has 0 saturated heterocycles. The number of carboxylic acid groups (broad SMARTS) is 2. The van der Waals surface area contributed by atoms with Crippen LogP contribution in [0.25, 0.3) is 11.4 Å². The van der Waals surface area contributed by atoms with Gasteiger partial charge in [-0.1, -0.05) is 11.3 Å². The van der Waals surface area contributed by atoms with Gasteiger partial charge >= 0.3 is 73.8 Å². The molecule has 0 aliphatic heterocycles. The Hall–Kier alpha value is -4.44. The first kappa shape index (κ1) is 57.2. The van der Waals surface area contributed by atoms with Gasteiger partial charge in [-0.3, -0.25) is 19.7 Å². The molecule has 0 bridgehead atoms. The van der Waals surface area contributed by atoms with Gasteiger partial charge < -0.3 is 24.5 Å². The normalized spacial score (nSPS) is 7.35. The molecule has 0 amide bonds. The van der Waals surface area contributed by atoms with Gasteiger partial charge in [0, 0.05) is 78.8 Å². The molecule has 3 aromatic rings. The molecule has 3 aromatic heterocycles. The van der Waals surface area contributed by atoms with Crippen LogP contribution in [0.1, 0.15) is 5.56 Å². The van der Waals surface area contributed by atoms with E-state index in [-0.39, 0.29) is 59.6 Å². The minimum Gasteiger partial charge on any atom is 0 e. The number of hydrogen-bond donors (Lipinski definition) is 0. The van der Waals surface area contributed by atoms with Gasteiger partial charge in [-0.2, -0.15) is 0 Å². The van der Waals surface area contributed by atoms with Crippen molar-refractivity contribution in [3.05, 3.63) is 101 Å². The van der Waals surface area contributed by atoms with Gasteiger partial charge in [-0.15, -0.1) is 5.10 Å². The summed E-state index contributed by atoms with van der Waals surface area (Å²) < 4.78 is 50.9. The summed E-state index contributed by atoms with van der Waals surface area (Å²) >= 11 is 0. The van der Waals surface area contributed by atoms with E-state index in [2.05, 4.69) is 64.9 Å². The quantitative estimate of drug-likeness (QED) is 0.125. The molecule has 0 unspecified atom stereocenters. The van der Waals surface area contributed by atoms with Crippen molar-refractivity contribution in [2.45, 2.75) is 13.1 Å². The standard InChI is InChI=1S/C10H10N4O2.C10H12N2O4.6CO.Re.Tc/c1-16-10(15)7-14-6-9(12-13-14)8-4-2-3-5-11-8;13-9(14)6-12(7-10(15)16)5-8-1-3-11-4-2-8;6*1-2;;/h2-6H,7H2,1H3;1-4H,5-7H2,(H,13,14)(H,15,16);;;;;;;;/p-2. The van der Waals surface area contributed by atoms with Gasteiger partial charge in [0.25, 0.3) is 0 Å². The largest absolute Gasteiger partial charge is 0 e. The summed E-state index contributed by atoms with van der Waals surface area (Å²) in [6.45, 7) is 26.4. The smallest absolute Gasteiger partial charge is 0 e. The number of carboxylic acids is 2. The van der Waals surface area contributed by atoms with E-state index in [0.717, 1.165) is 11.3 Å². The third-order valence-corrected chi connectivity index (χ3v) is 3.85. The van der Waals surface area contributed by atoms with Gasteiger partial charge in [-0.05, 0) is 29.8 Å². The molecule has 0 aliphatic rings. The summed E-state index contributed by atoms with van der Waals surface area (Å²) in [4.78, 5) is 40.9. The van der Waals surface area contributed by atoms with Crippen LogP contribution >= 0.6 is 0 Å². The van der Waals surface area contributed by atoms with Crippen molar-refractivity contribution in [2.24, 2.45) is 0 Å². The number of esters is 1. The summed E-state index contributed by atoms with van der Waals surface area (Å²) in [6, 6.07) is 8.87. The second-order valence-corrected chi connectivity index (χ2v) is 6.34. The van der Waals surface area contributed by atoms with Gasteiger partial charge in [-0.25, -0.2) is 4.68 Å². The Balaban J connectivity index is -0.0000000964. The maximum atomic E-state index is 11.0. The maximum absolute atomic E-state index is 11.0. The molecule has 20 heteroatoms. The Morgan fingerprint density at radius 3 is 1.67 bits per heavy atom. The van der Waals surface area contributed by atoms with Crippen LogP contribution in [-0.2, 0) is 101 Å². The Labute approximate surface area is 289 Å². The van der Waals surface area contributed by atoms with E-state index >= 15 is 0 Å². The number of aliphatic carboxylic acids is 2. The Kier molecular flexibility index (Phi) is 56.0. The van der Waals surface area contributed by atoms with Crippen molar-refractivity contribution in [1.82, 2.24) is 29.9 Å². The summed E-state index contributed by atoms with van der Waals surface area (Å²) in [5.41, 5.74) is 2.13. The first-order valence-electron chi connectivity index (χ1n) is 10.5. The van der Waals surface area contributed by atoms with E-state index in [0.29, 0.717) is 5.69 Å². The van der Waals surface area contributed by atoms with Crippen molar-refractivity contribution in [2.75, 3.05) is 20.2 Å². The topological polar surface area (TPSA) is 286 Å². The third kappa shape index (κ3) is 32.5. The number of rotatable bonds is 9. The third-order valence-electron chi connectivity index (χ3n) is 3.85. The Morgan fingerprint density at radius 1 is 0.804 bits per heavy atom. The van der Waals surface area contributed by atoms with E-state index in [4.69, 9.17) is 27.9 Å². The molecular weight excluding hydrogens is 873 g/mol. The van der Waals surface area contributed by atoms with Crippen LogP contribution < -0.4 is 10.2 Å². The molecular formula is C26H20N6O12ReTc-2. The van der Waals surface area contributed by atoms with Crippen molar-refractivity contribution in [3.8, 4) is 11.4 Å². The fourth-order valence-corrected chi connectivity index (χ4v) is 2.48. The van der Waals surface area contributed by atoms with Crippen molar-refractivity contribution in [3.63, 3.8) is 0 Å². The number of pyridine rings is 2. The van der Waals surface area contributed by atoms with E-state index < -0.39 is 25.0 Å². The first-order chi connectivity index (χ1) is 21.4.